The minimum Gasteiger partial charge on any atom is -0.311 e. The van der Waals surface area contributed by atoms with E-state index in [9.17, 15) is 4.79 Å². The molecule has 1 atom stereocenters. The molecule has 1 saturated heterocycles. The third-order valence-corrected chi connectivity index (χ3v) is 3.13. The summed E-state index contributed by atoms with van der Waals surface area (Å²) in [5, 5.41) is 13.6. The van der Waals surface area contributed by atoms with Gasteiger partial charge in [-0.3, -0.25) is 4.79 Å². The molecule has 2 heterocycles. The largest absolute Gasteiger partial charge is 0.311 e. The molecule has 2 aromatic rings. The third-order valence-electron chi connectivity index (χ3n) is 2.84. The number of hydrogen-bond acceptors (Lipinski definition) is 4. The van der Waals surface area contributed by atoms with Crippen molar-refractivity contribution in [2.75, 3.05) is 11.4 Å². The van der Waals surface area contributed by atoms with Gasteiger partial charge in [0.1, 0.15) is 0 Å². The highest BCUT2D eigenvalue weighted by molar-refractivity contribution is 6.24. The van der Waals surface area contributed by atoms with Gasteiger partial charge in [-0.25, -0.2) is 0 Å². The fraction of sp³-hybridized carbons (Fsp3) is 0.273. The average Bonchev–Trinajstić information content (AvgIpc) is 2.99. The number of H-pyrrole nitrogens is 1. The van der Waals surface area contributed by atoms with Crippen molar-refractivity contribution in [1.29, 1.82) is 0 Å². The second-order valence-corrected chi connectivity index (χ2v) is 4.71. The molecule has 1 aromatic heterocycles. The SMILES string of the molecule is O=C1CC(Cl)CN1c1cccc(-c2nn[nH]n2)c1. The minimum absolute atomic E-state index is 0.0419. The van der Waals surface area contributed by atoms with E-state index in [-0.39, 0.29) is 11.3 Å². The van der Waals surface area contributed by atoms with Gasteiger partial charge in [0, 0.05) is 24.2 Å². The van der Waals surface area contributed by atoms with Gasteiger partial charge in [0.05, 0.1) is 5.38 Å². The summed E-state index contributed by atoms with van der Waals surface area (Å²) < 4.78 is 0. The predicted molar refractivity (Wildman–Crippen MR) is 66.2 cm³/mol. The molecule has 1 aliphatic heterocycles. The molecule has 1 aromatic carbocycles. The topological polar surface area (TPSA) is 74.8 Å². The third kappa shape index (κ3) is 1.95. The number of carbonyl (C=O) groups is 1. The summed E-state index contributed by atoms with van der Waals surface area (Å²) in [5.41, 5.74) is 1.62. The molecule has 0 spiro atoms. The summed E-state index contributed by atoms with van der Waals surface area (Å²) >= 11 is 5.99. The van der Waals surface area contributed by atoms with Crippen LogP contribution in [-0.4, -0.2) is 38.5 Å². The highest BCUT2D eigenvalue weighted by Gasteiger charge is 2.29. The average molecular weight is 264 g/mol. The molecule has 1 fully saturated rings. The van der Waals surface area contributed by atoms with E-state index in [0.717, 1.165) is 11.3 Å². The molecule has 18 heavy (non-hydrogen) atoms. The summed E-state index contributed by atoms with van der Waals surface area (Å²) in [6, 6.07) is 7.46. The maximum absolute atomic E-state index is 11.8. The van der Waals surface area contributed by atoms with E-state index in [1.165, 1.54) is 0 Å². The lowest BCUT2D eigenvalue weighted by atomic mass is 10.2. The van der Waals surface area contributed by atoms with E-state index in [2.05, 4.69) is 20.6 Å². The Morgan fingerprint density at radius 3 is 3.00 bits per heavy atom. The first kappa shape index (κ1) is 11.2. The van der Waals surface area contributed by atoms with Gasteiger partial charge in [0.25, 0.3) is 0 Å². The fourth-order valence-corrected chi connectivity index (χ4v) is 2.28. The molecule has 0 saturated carbocycles. The Bertz CT molecular complexity index is 571. The van der Waals surface area contributed by atoms with Crippen molar-refractivity contribution in [1.82, 2.24) is 20.6 Å². The van der Waals surface area contributed by atoms with Crippen molar-refractivity contribution >= 4 is 23.2 Å². The number of aromatic nitrogens is 4. The maximum atomic E-state index is 11.8. The molecular weight excluding hydrogens is 254 g/mol. The van der Waals surface area contributed by atoms with Crippen LogP contribution in [0.2, 0.25) is 0 Å². The Kier molecular flexibility index (Phi) is 2.71. The lowest BCUT2D eigenvalue weighted by Gasteiger charge is -2.16. The molecule has 0 bridgehead atoms. The zero-order chi connectivity index (χ0) is 12.5. The number of anilines is 1. The first-order valence-corrected chi connectivity index (χ1v) is 5.96. The second-order valence-electron chi connectivity index (χ2n) is 4.09. The van der Waals surface area contributed by atoms with Crippen molar-refractivity contribution in [3.8, 4) is 11.4 Å². The second kappa shape index (κ2) is 4.38. The molecule has 1 unspecified atom stereocenters. The number of nitrogens with zero attached hydrogens (tertiary/aromatic N) is 4. The van der Waals surface area contributed by atoms with Crippen LogP contribution in [0.15, 0.2) is 24.3 Å². The highest BCUT2D eigenvalue weighted by atomic mass is 35.5. The van der Waals surface area contributed by atoms with Gasteiger partial charge >= 0.3 is 0 Å². The number of benzene rings is 1. The van der Waals surface area contributed by atoms with E-state index < -0.39 is 0 Å². The van der Waals surface area contributed by atoms with Crippen molar-refractivity contribution < 1.29 is 4.79 Å². The Balaban J connectivity index is 1.94. The van der Waals surface area contributed by atoms with E-state index in [1.807, 2.05) is 24.3 Å². The van der Waals surface area contributed by atoms with Gasteiger partial charge in [0.2, 0.25) is 11.7 Å². The van der Waals surface area contributed by atoms with Gasteiger partial charge in [-0.1, -0.05) is 12.1 Å². The molecule has 6 nitrogen and oxygen atoms in total. The van der Waals surface area contributed by atoms with Gasteiger partial charge in [-0.2, -0.15) is 5.21 Å². The Hall–Kier alpha value is -1.95. The predicted octanol–water partition coefficient (Wildman–Crippen LogP) is 1.21. The van der Waals surface area contributed by atoms with Gasteiger partial charge in [-0.15, -0.1) is 21.8 Å². The number of aromatic amines is 1. The molecule has 7 heteroatoms. The van der Waals surface area contributed by atoms with Crippen LogP contribution in [0.1, 0.15) is 6.42 Å². The van der Waals surface area contributed by atoms with E-state index in [4.69, 9.17) is 11.6 Å². The lowest BCUT2D eigenvalue weighted by molar-refractivity contribution is -0.117. The minimum atomic E-state index is -0.119. The number of nitrogens with one attached hydrogen (secondary N) is 1. The summed E-state index contributed by atoms with van der Waals surface area (Å²) in [4.78, 5) is 13.5. The van der Waals surface area contributed by atoms with Crippen LogP contribution in [0.3, 0.4) is 0 Å². The maximum Gasteiger partial charge on any atom is 0.228 e. The molecule has 92 valence electrons. The summed E-state index contributed by atoms with van der Waals surface area (Å²) in [7, 11) is 0. The van der Waals surface area contributed by atoms with Crippen LogP contribution in [0.4, 0.5) is 5.69 Å². The van der Waals surface area contributed by atoms with Crippen molar-refractivity contribution in [2.45, 2.75) is 11.8 Å². The summed E-state index contributed by atoms with van der Waals surface area (Å²) in [6.07, 6.45) is 0.383. The van der Waals surface area contributed by atoms with Crippen LogP contribution in [-0.2, 0) is 4.79 Å². The molecule has 1 amide bonds. The number of tetrazole rings is 1. The fourth-order valence-electron chi connectivity index (χ4n) is 2.01. The lowest BCUT2D eigenvalue weighted by Crippen LogP contribution is -2.24. The molecule has 0 aliphatic carbocycles. The monoisotopic (exact) mass is 263 g/mol. The molecular formula is C11H10ClN5O. The van der Waals surface area contributed by atoms with Crippen molar-refractivity contribution in [2.24, 2.45) is 0 Å². The van der Waals surface area contributed by atoms with E-state index >= 15 is 0 Å². The quantitative estimate of drug-likeness (QED) is 0.827. The van der Waals surface area contributed by atoms with Gasteiger partial charge in [0.15, 0.2) is 0 Å². The van der Waals surface area contributed by atoms with E-state index in [1.54, 1.807) is 4.90 Å². The van der Waals surface area contributed by atoms with Crippen LogP contribution in [0, 0.1) is 0 Å². The molecule has 1 N–H and O–H groups in total. The first-order chi connectivity index (χ1) is 8.74. The van der Waals surface area contributed by atoms with Crippen LogP contribution in [0.25, 0.3) is 11.4 Å². The van der Waals surface area contributed by atoms with Crippen LogP contribution < -0.4 is 4.90 Å². The Morgan fingerprint density at radius 1 is 1.44 bits per heavy atom. The first-order valence-electron chi connectivity index (χ1n) is 5.52. The van der Waals surface area contributed by atoms with Gasteiger partial charge in [-0.05, 0) is 17.3 Å². The molecule has 1 aliphatic rings. The molecule has 3 rings (SSSR count). The summed E-state index contributed by atoms with van der Waals surface area (Å²) in [6.45, 7) is 0.538. The number of alkyl halides is 1. The normalized spacial score (nSPS) is 19.5. The smallest absolute Gasteiger partial charge is 0.228 e. The number of amides is 1. The Morgan fingerprint density at radius 2 is 2.33 bits per heavy atom. The van der Waals surface area contributed by atoms with Crippen molar-refractivity contribution in [3.63, 3.8) is 0 Å². The molecule has 0 radical (unpaired) electrons. The number of hydrogen-bond donors (Lipinski definition) is 1. The number of halogens is 1. The Labute approximate surface area is 108 Å². The van der Waals surface area contributed by atoms with E-state index in [0.29, 0.717) is 18.8 Å². The number of rotatable bonds is 2. The summed E-state index contributed by atoms with van der Waals surface area (Å²) in [5.74, 6) is 0.547. The number of carbonyl (C=O) groups excluding carboxylic acids is 1. The zero-order valence-corrected chi connectivity index (χ0v) is 10.1. The standard InChI is InChI=1S/C11H10ClN5O/c12-8-5-10(18)17(6-8)9-3-1-2-7(4-9)11-13-15-16-14-11/h1-4,8H,5-6H2,(H,13,14,15,16). The van der Waals surface area contributed by atoms with Crippen LogP contribution in [0.5, 0.6) is 0 Å². The van der Waals surface area contributed by atoms with Crippen LogP contribution >= 0.6 is 11.6 Å². The zero-order valence-electron chi connectivity index (χ0n) is 9.38. The highest BCUT2D eigenvalue weighted by Crippen LogP contribution is 2.27. The van der Waals surface area contributed by atoms with Gasteiger partial charge < -0.3 is 4.90 Å². The van der Waals surface area contributed by atoms with Crippen molar-refractivity contribution in [3.05, 3.63) is 24.3 Å².